The minimum absolute atomic E-state index is 0.0743. The van der Waals surface area contributed by atoms with E-state index in [1.54, 1.807) is 12.1 Å². The number of rotatable bonds is 5. The van der Waals surface area contributed by atoms with Crippen molar-refractivity contribution in [2.75, 3.05) is 13.1 Å². The lowest BCUT2D eigenvalue weighted by atomic mass is 10.1. The van der Waals surface area contributed by atoms with Gasteiger partial charge in [0.2, 0.25) is 5.91 Å². The van der Waals surface area contributed by atoms with Crippen molar-refractivity contribution < 1.29 is 14.4 Å². The number of fused-ring (bicyclic) bond motifs is 1. The molecule has 2 heterocycles. The molecule has 6 heteroatoms. The standard InChI is InChI=1S/C14H17N3O3/c1-9(2)8-11(18)15-6-7-17-13(19)10-4-3-5-16-12(10)14(17)20/h3-5,9H,6-8H2,1-2H3,(H,15,18). The normalized spacial score (nSPS) is 13.8. The van der Waals surface area contributed by atoms with Gasteiger partial charge in [-0.3, -0.25) is 24.3 Å². The molecule has 0 radical (unpaired) electrons. The van der Waals surface area contributed by atoms with Gasteiger partial charge in [-0.05, 0) is 18.1 Å². The third-order valence-electron chi connectivity index (χ3n) is 2.98. The minimum Gasteiger partial charge on any atom is -0.354 e. The average molecular weight is 275 g/mol. The maximum absolute atomic E-state index is 12.0. The highest BCUT2D eigenvalue weighted by molar-refractivity contribution is 6.20. The Morgan fingerprint density at radius 2 is 2.10 bits per heavy atom. The lowest BCUT2D eigenvalue weighted by Crippen LogP contribution is -2.38. The highest BCUT2D eigenvalue weighted by atomic mass is 16.2. The Balaban J connectivity index is 1.91. The fraction of sp³-hybridized carbons (Fsp3) is 0.429. The Kier molecular flexibility index (Phi) is 4.12. The van der Waals surface area contributed by atoms with Gasteiger partial charge >= 0.3 is 0 Å². The lowest BCUT2D eigenvalue weighted by Gasteiger charge is -2.14. The molecule has 1 aromatic heterocycles. The second-order valence-corrected chi connectivity index (χ2v) is 5.11. The van der Waals surface area contributed by atoms with E-state index in [-0.39, 0.29) is 36.5 Å². The van der Waals surface area contributed by atoms with Gasteiger partial charge in [-0.25, -0.2) is 0 Å². The van der Waals surface area contributed by atoms with Gasteiger partial charge in [0.1, 0.15) is 5.69 Å². The lowest BCUT2D eigenvalue weighted by molar-refractivity contribution is -0.121. The number of hydrogen-bond acceptors (Lipinski definition) is 4. The van der Waals surface area contributed by atoms with Gasteiger partial charge in [-0.2, -0.15) is 0 Å². The van der Waals surface area contributed by atoms with Crippen LogP contribution in [0.1, 0.15) is 41.1 Å². The third-order valence-corrected chi connectivity index (χ3v) is 2.98. The number of aromatic nitrogens is 1. The number of nitrogens with one attached hydrogen (secondary N) is 1. The van der Waals surface area contributed by atoms with Gasteiger partial charge in [-0.1, -0.05) is 13.8 Å². The smallest absolute Gasteiger partial charge is 0.280 e. The van der Waals surface area contributed by atoms with Crippen molar-refractivity contribution in [1.82, 2.24) is 15.2 Å². The first-order chi connectivity index (χ1) is 9.50. The molecule has 20 heavy (non-hydrogen) atoms. The molecule has 1 aromatic rings. The molecule has 0 unspecified atom stereocenters. The topological polar surface area (TPSA) is 79.4 Å². The van der Waals surface area contributed by atoms with Crippen LogP contribution >= 0.6 is 0 Å². The monoisotopic (exact) mass is 275 g/mol. The molecule has 0 aliphatic carbocycles. The SMILES string of the molecule is CC(C)CC(=O)NCCN1C(=O)c2cccnc2C1=O. The van der Waals surface area contributed by atoms with Crippen molar-refractivity contribution in [3.63, 3.8) is 0 Å². The fourth-order valence-corrected chi connectivity index (χ4v) is 2.07. The Hall–Kier alpha value is -2.24. The van der Waals surface area contributed by atoms with E-state index in [0.717, 1.165) is 4.90 Å². The number of imide groups is 1. The summed E-state index contributed by atoms with van der Waals surface area (Å²) in [5.41, 5.74) is 0.511. The molecule has 0 bridgehead atoms. The van der Waals surface area contributed by atoms with E-state index < -0.39 is 5.91 Å². The van der Waals surface area contributed by atoms with Crippen molar-refractivity contribution in [3.8, 4) is 0 Å². The highest BCUT2D eigenvalue weighted by Gasteiger charge is 2.36. The first-order valence-corrected chi connectivity index (χ1v) is 6.58. The fourth-order valence-electron chi connectivity index (χ4n) is 2.07. The summed E-state index contributed by atoms with van der Waals surface area (Å²) < 4.78 is 0. The summed E-state index contributed by atoms with van der Waals surface area (Å²) in [6.45, 7) is 4.33. The van der Waals surface area contributed by atoms with Crippen LogP contribution < -0.4 is 5.32 Å². The summed E-state index contributed by atoms with van der Waals surface area (Å²) in [5.74, 6) is -0.548. The third kappa shape index (κ3) is 2.84. The Labute approximate surface area is 117 Å². The number of amides is 3. The summed E-state index contributed by atoms with van der Waals surface area (Å²) in [6.07, 6.45) is 1.92. The first kappa shape index (κ1) is 14.2. The number of carbonyl (C=O) groups is 3. The van der Waals surface area contributed by atoms with E-state index in [9.17, 15) is 14.4 Å². The molecule has 1 N–H and O–H groups in total. The van der Waals surface area contributed by atoms with Gasteiger partial charge in [0, 0.05) is 25.7 Å². The van der Waals surface area contributed by atoms with Crippen LogP contribution in [-0.4, -0.2) is 40.7 Å². The number of hydrogen-bond donors (Lipinski definition) is 1. The number of pyridine rings is 1. The molecule has 0 aromatic carbocycles. The van der Waals surface area contributed by atoms with Crippen LogP contribution in [-0.2, 0) is 4.79 Å². The van der Waals surface area contributed by atoms with Crippen molar-refractivity contribution in [2.45, 2.75) is 20.3 Å². The number of carbonyl (C=O) groups excluding carboxylic acids is 3. The second kappa shape index (κ2) is 5.81. The number of nitrogens with zero attached hydrogens (tertiary/aromatic N) is 2. The van der Waals surface area contributed by atoms with Crippen LogP contribution in [0.15, 0.2) is 18.3 Å². The zero-order valence-electron chi connectivity index (χ0n) is 11.5. The maximum atomic E-state index is 12.0. The molecule has 1 aliphatic heterocycles. The summed E-state index contributed by atoms with van der Waals surface area (Å²) in [4.78, 5) is 40.5. The largest absolute Gasteiger partial charge is 0.354 e. The molecule has 0 saturated carbocycles. The summed E-state index contributed by atoms with van der Waals surface area (Å²) in [5, 5.41) is 2.70. The molecule has 0 spiro atoms. The summed E-state index contributed by atoms with van der Waals surface area (Å²) >= 11 is 0. The van der Waals surface area contributed by atoms with E-state index in [1.165, 1.54) is 6.20 Å². The van der Waals surface area contributed by atoms with Gasteiger partial charge in [0.05, 0.1) is 5.56 Å². The van der Waals surface area contributed by atoms with Gasteiger partial charge in [-0.15, -0.1) is 0 Å². The van der Waals surface area contributed by atoms with Crippen molar-refractivity contribution >= 4 is 17.7 Å². The van der Waals surface area contributed by atoms with E-state index >= 15 is 0 Å². The van der Waals surface area contributed by atoms with E-state index in [0.29, 0.717) is 12.0 Å². The zero-order valence-corrected chi connectivity index (χ0v) is 11.5. The van der Waals surface area contributed by atoms with Crippen molar-refractivity contribution in [1.29, 1.82) is 0 Å². The minimum atomic E-state index is -0.399. The molecule has 0 fully saturated rings. The molecule has 0 atom stereocenters. The first-order valence-electron chi connectivity index (χ1n) is 6.58. The predicted molar refractivity (Wildman–Crippen MR) is 72.1 cm³/mol. The van der Waals surface area contributed by atoms with Crippen LogP contribution in [0.5, 0.6) is 0 Å². The second-order valence-electron chi connectivity index (χ2n) is 5.11. The van der Waals surface area contributed by atoms with Gasteiger partial charge < -0.3 is 5.32 Å². The predicted octanol–water partition coefficient (Wildman–Crippen LogP) is 0.840. The quantitative estimate of drug-likeness (QED) is 0.808. The average Bonchev–Trinajstić information content (AvgIpc) is 2.63. The summed E-state index contributed by atoms with van der Waals surface area (Å²) in [6, 6.07) is 3.21. The van der Waals surface area contributed by atoms with Crippen LogP contribution in [0.2, 0.25) is 0 Å². The van der Waals surface area contributed by atoms with Gasteiger partial charge in [0.25, 0.3) is 11.8 Å². The van der Waals surface area contributed by atoms with Crippen molar-refractivity contribution in [3.05, 3.63) is 29.6 Å². The van der Waals surface area contributed by atoms with E-state index in [1.807, 2.05) is 13.8 Å². The van der Waals surface area contributed by atoms with E-state index in [2.05, 4.69) is 10.3 Å². The molecule has 2 rings (SSSR count). The van der Waals surface area contributed by atoms with E-state index in [4.69, 9.17) is 0 Å². The molecule has 0 saturated heterocycles. The molecule has 106 valence electrons. The Bertz CT molecular complexity index is 519. The molecular formula is C14H17N3O3. The summed E-state index contributed by atoms with van der Waals surface area (Å²) in [7, 11) is 0. The van der Waals surface area contributed by atoms with Crippen LogP contribution in [0.3, 0.4) is 0 Å². The molecule has 6 nitrogen and oxygen atoms in total. The van der Waals surface area contributed by atoms with Gasteiger partial charge in [0.15, 0.2) is 0 Å². The van der Waals surface area contributed by atoms with Crippen LogP contribution in [0.4, 0.5) is 0 Å². The molecular weight excluding hydrogens is 258 g/mol. The molecule has 3 amide bonds. The van der Waals surface area contributed by atoms with Crippen LogP contribution in [0.25, 0.3) is 0 Å². The zero-order chi connectivity index (χ0) is 14.7. The molecule has 1 aliphatic rings. The highest BCUT2D eigenvalue weighted by Crippen LogP contribution is 2.19. The Morgan fingerprint density at radius 3 is 2.75 bits per heavy atom. The van der Waals surface area contributed by atoms with Crippen molar-refractivity contribution in [2.24, 2.45) is 5.92 Å². The van der Waals surface area contributed by atoms with Crippen LogP contribution in [0, 0.1) is 5.92 Å². The maximum Gasteiger partial charge on any atom is 0.280 e. The Morgan fingerprint density at radius 1 is 1.35 bits per heavy atom.